The molecule has 0 unspecified atom stereocenters. The van der Waals surface area contributed by atoms with E-state index in [0.717, 1.165) is 37.2 Å². The number of anilines is 1. The smallest absolute Gasteiger partial charge is 0.226 e. The second-order valence-electron chi connectivity index (χ2n) is 5.37. The molecule has 1 aliphatic heterocycles. The van der Waals surface area contributed by atoms with E-state index in [9.17, 15) is 4.79 Å². The number of aryl methyl sites for hydroxylation is 1. The molecule has 0 spiro atoms. The van der Waals surface area contributed by atoms with Crippen molar-refractivity contribution in [2.45, 2.75) is 39.2 Å². The summed E-state index contributed by atoms with van der Waals surface area (Å²) in [6.45, 7) is 6.60. The van der Waals surface area contributed by atoms with E-state index in [1.807, 2.05) is 32.0 Å². The first kappa shape index (κ1) is 15.0. The van der Waals surface area contributed by atoms with Crippen molar-refractivity contribution in [3.8, 4) is 0 Å². The lowest BCUT2D eigenvalue weighted by atomic mass is 10.1. The van der Waals surface area contributed by atoms with Crippen LogP contribution in [0.3, 0.4) is 0 Å². The highest BCUT2D eigenvalue weighted by Crippen LogP contribution is 2.18. The van der Waals surface area contributed by atoms with Crippen molar-refractivity contribution in [2.24, 2.45) is 0 Å². The Bertz CT molecular complexity index is 454. The van der Waals surface area contributed by atoms with E-state index >= 15 is 0 Å². The van der Waals surface area contributed by atoms with Crippen molar-refractivity contribution < 1.29 is 9.53 Å². The summed E-state index contributed by atoms with van der Waals surface area (Å²) in [6.07, 6.45) is 2.80. The molecule has 4 nitrogen and oxygen atoms in total. The Morgan fingerprint density at radius 2 is 2.10 bits per heavy atom. The monoisotopic (exact) mass is 276 g/mol. The average molecular weight is 276 g/mol. The fraction of sp³-hybridized carbons (Fsp3) is 0.562. The number of benzene rings is 1. The third kappa shape index (κ3) is 4.32. The van der Waals surface area contributed by atoms with Gasteiger partial charge in [0.15, 0.2) is 0 Å². The molecule has 2 N–H and O–H groups in total. The van der Waals surface area contributed by atoms with Crippen LogP contribution in [0.1, 0.15) is 30.4 Å². The second kappa shape index (κ2) is 7.41. The Kier molecular flexibility index (Phi) is 5.56. The number of hydrogen-bond acceptors (Lipinski definition) is 3. The fourth-order valence-corrected chi connectivity index (χ4v) is 2.38. The first-order valence-electron chi connectivity index (χ1n) is 7.35. The lowest BCUT2D eigenvalue weighted by Gasteiger charge is -2.22. The van der Waals surface area contributed by atoms with Crippen molar-refractivity contribution in [3.05, 3.63) is 29.3 Å². The van der Waals surface area contributed by atoms with E-state index in [-0.39, 0.29) is 5.91 Å². The Morgan fingerprint density at radius 1 is 1.35 bits per heavy atom. The highest BCUT2D eigenvalue weighted by molar-refractivity contribution is 5.91. The van der Waals surface area contributed by atoms with Crippen molar-refractivity contribution in [1.29, 1.82) is 0 Å². The molecule has 1 aromatic carbocycles. The van der Waals surface area contributed by atoms with E-state index in [1.165, 1.54) is 5.56 Å². The molecule has 1 aromatic rings. The van der Waals surface area contributed by atoms with Gasteiger partial charge in [-0.25, -0.2) is 0 Å². The van der Waals surface area contributed by atoms with Crippen LogP contribution in [0, 0.1) is 13.8 Å². The predicted molar refractivity (Wildman–Crippen MR) is 81.0 cm³/mol. The Labute approximate surface area is 120 Å². The molecular weight excluding hydrogens is 252 g/mol. The predicted octanol–water partition coefficient (Wildman–Crippen LogP) is 2.40. The summed E-state index contributed by atoms with van der Waals surface area (Å²) in [5.41, 5.74) is 3.21. The summed E-state index contributed by atoms with van der Waals surface area (Å²) in [7, 11) is 0. The fourth-order valence-electron chi connectivity index (χ4n) is 2.38. The number of hydrogen-bond donors (Lipinski definition) is 2. The van der Waals surface area contributed by atoms with Crippen LogP contribution in [0.5, 0.6) is 0 Å². The zero-order valence-corrected chi connectivity index (χ0v) is 12.4. The maximum atomic E-state index is 11.9. The number of piperidine rings is 1. The SMILES string of the molecule is Cc1cccc(NC(=O)CCOC2CCNCC2)c1C. The van der Waals surface area contributed by atoms with Gasteiger partial charge in [0.2, 0.25) is 5.91 Å². The molecule has 20 heavy (non-hydrogen) atoms. The summed E-state index contributed by atoms with van der Waals surface area (Å²) in [5.74, 6) is 0.0210. The standard InChI is InChI=1S/C16H24N2O2/c1-12-4-3-5-15(13(12)2)18-16(19)8-11-20-14-6-9-17-10-7-14/h3-5,14,17H,6-11H2,1-2H3,(H,18,19). The Morgan fingerprint density at radius 3 is 2.85 bits per heavy atom. The van der Waals surface area contributed by atoms with Gasteiger partial charge in [0, 0.05) is 5.69 Å². The van der Waals surface area contributed by atoms with Gasteiger partial charge in [-0.15, -0.1) is 0 Å². The molecule has 0 radical (unpaired) electrons. The summed E-state index contributed by atoms with van der Waals surface area (Å²) >= 11 is 0. The molecule has 0 aromatic heterocycles. The van der Waals surface area contributed by atoms with Gasteiger partial charge in [0.25, 0.3) is 0 Å². The van der Waals surface area contributed by atoms with Crippen LogP contribution < -0.4 is 10.6 Å². The number of amides is 1. The molecule has 0 aliphatic carbocycles. The number of carbonyl (C=O) groups excluding carboxylic acids is 1. The molecule has 1 amide bonds. The van der Waals surface area contributed by atoms with E-state index in [2.05, 4.69) is 10.6 Å². The summed E-state index contributed by atoms with van der Waals surface area (Å²) < 4.78 is 5.74. The zero-order valence-electron chi connectivity index (χ0n) is 12.4. The lowest BCUT2D eigenvalue weighted by Crippen LogP contribution is -2.33. The van der Waals surface area contributed by atoms with Gasteiger partial charge in [0.05, 0.1) is 19.1 Å². The van der Waals surface area contributed by atoms with Crippen LogP contribution in [0.25, 0.3) is 0 Å². The van der Waals surface area contributed by atoms with E-state index in [1.54, 1.807) is 0 Å². The quantitative estimate of drug-likeness (QED) is 0.868. The lowest BCUT2D eigenvalue weighted by molar-refractivity contribution is -0.117. The molecule has 1 saturated heterocycles. The number of ether oxygens (including phenoxy) is 1. The Balaban J connectivity index is 1.73. The van der Waals surface area contributed by atoms with Crippen molar-refractivity contribution in [2.75, 3.05) is 25.0 Å². The number of nitrogens with one attached hydrogen (secondary N) is 2. The molecule has 0 atom stereocenters. The molecule has 4 heteroatoms. The average Bonchev–Trinajstić information content (AvgIpc) is 2.45. The van der Waals surface area contributed by atoms with E-state index in [4.69, 9.17) is 4.74 Å². The maximum Gasteiger partial charge on any atom is 0.226 e. The van der Waals surface area contributed by atoms with Gasteiger partial charge in [-0.3, -0.25) is 4.79 Å². The van der Waals surface area contributed by atoms with E-state index < -0.39 is 0 Å². The van der Waals surface area contributed by atoms with Crippen LogP contribution in [0.4, 0.5) is 5.69 Å². The molecule has 0 bridgehead atoms. The molecular formula is C16H24N2O2. The normalized spacial score (nSPS) is 16.1. The van der Waals surface area contributed by atoms with Gasteiger partial charge < -0.3 is 15.4 Å². The van der Waals surface area contributed by atoms with Crippen LogP contribution in [-0.4, -0.2) is 31.7 Å². The summed E-state index contributed by atoms with van der Waals surface area (Å²) in [4.78, 5) is 11.9. The number of carbonyl (C=O) groups is 1. The highest BCUT2D eigenvalue weighted by atomic mass is 16.5. The Hall–Kier alpha value is -1.39. The van der Waals surface area contributed by atoms with Gasteiger partial charge in [0.1, 0.15) is 0 Å². The van der Waals surface area contributed by atoms with Crippen molar-refractivity contribution in [1.82, 2.24) is 5.32 Å². The maximum absolute atomic E-state index is 11.9. The summed E-state index contributed by atoms with van der Waals surface area (Å²) in [6, 6.07) is 5.95. The largest absolute Gasteiger partial charge is 0.378 e. The van der Waals surface area contributed by atoms with E-state index in [0.29, 0.717) is 19.1 Å². The zero-order chi connectivity index (χ0) is 14.4. The van der Waals surface area contributed by atoms with Crippen LogP contribution in [-0.2, 0) is 9.53 Å². The molecule has 1 fully saturated rings. The van der Waals surface area contributed by atoms with Crippen LogP contribution >= 0.6 is 0 Å². The summed E-state index contributed by atoms with van der Waals surface area (Å²) in [5, 5.41) is 6.26. The first-order chi connectivity index (χ1) is 9.66. The molecule has 0 saturated carbocycles. The molecule has 1 aliphatic rings. The van der Waals surface area contributed by atoms with Gasteiger partial charge in [-0.1, -0.05) is 12.1 Å². The minimum absolute atomic E-state index is 0.0210. The first-order valence-corrected chi connectivity index (χ1v) is 7.35. The van der Waals surface area contributed by atoms with Gasteiger partial charge >= 0.3 is 0 Å². The van der Waals surface area contributed by atoms with Crippen LogP contribution in [0.2, 0.25) is 0 Å². The topological polar surface area (TPSA) is 50.4 Å². The van der Waals surface area contributed by atoms with Crippen molar-refractivity contribution >= 4 is 11.6 Å². The molecule has 110 valence electrons. The van der Waals surface area contributed by atoms with Crippen LogP contribution in [0.15, 0.2) is 18.2 Å². The van der Waals surface area contributed by atoms with Gasteiger partial charge in [-0.05, 0) is 57.0 Å². The minimum Gasteiger partial charge on any atom is -0.378 e. The van der Waals surface area contributed by atoms with Gasteiger partial charge in [-0.2, -0.15) is 0 Å². The molecule has 2 rings (SSSR count). The van der Waals surface area contributed by atoms with Crippen molar-refractivity contribution in [3.63, 3.8) is 0 Å². The third-order valence-electron chi connectivity index (χ3n) is 3.85. The second-order valence-corrected chi connectivity index (χ2v) is 5.37. The number of rotatable bonds is 5. The molecule has 1 heterocycles. The third-order valence-corrected chi connectivity index (χ3v) is 3.85. The minimum atomic E-state index is 0.0210. The highest BCUT2D eigenvalue weighted by Gasteiger charge is 2.13.